The minimum absolute atomic E-state index is 0.874. The molecule has 1 N–H and O–H groups in total. The molecule has 0 aromatic carbocycles. The third kappa shape index (κ3) is 6.09. The summed E-state index contributed by atoms with van der Waals surface area (Å²) >= 11 is 0. The lowest BCUT2D eigenvalue weighted by molar-refractivity contribution is 0.433. The number of hydrogen-bond acceptors (Lipinski definition) is 1. The van der Waals surface area contributed by atoms with Gasteiger partial charge in [0.15, 0.2) is 0 Å². The van der Waals surface area contributed by atoms with Crippen LogP contribution in [0.2, 0.25) is 0 Å². The van der Waals surface area contributed by atoms with Crippen LogP contribution in [0.3, 0.4) is 0 Å². The van der Waals surface area contributed by atoms with Crippen LogP contribution in [-0.2, 0) is 0 Å². The molecule has 1 aliphatic carbocycles. The Labute approximate surface area is 83.3 Å². The van der Waals surface area contributed by atoms with Crippen molar-refractivity contribution in [2.75, 3.05) is 6.54 Å². The lowest BCUT2D eigenvalue weighted by Gasteiger charge is -2.12. The van der Waals surface area contributed by atoms with Crippen molar-refractivity contribution in [2.45, 2.75) is 58.9 Å². The summed E-state index contributed by atoms with van der Waals surface area (Å²) in [5.74, 6) is 1.75. The molecule has 1 fully saturated rings. The van der Waals surface area contributed by atoms with Gasteiger partial charge in [0.25, 0.3) is 0 Å². The molecule has 13 heavy (non-hydrogen) atoms. The van der Waals surface area contributed by atoms with E-state index in [-0.39, 0.29) is 0 Å². The van der Waals surface area contributed by atoms with Gasteiger partial charge < -0.3 is 5.32 Å². The Morgan fingerprint density at radius 3 is 2.38 bits per heavy atom. The summed E-state index contributed by atoms with van der Waals surface area (Å²) < 4.78 is 0. The van der Waals surface area contributed by atoms with Gasteiger partial charge in [-0.05, 0) is 37.6 Å². The molecule has 0 aromatic heterocycles. The first-order valence-corrected chi connectivity index (χ1v) is 5.92. The monoisotopic (exact) mass is 183 g/mol. The quantitative estimate of drug-likeness (QED) is 0.639. The molecular formula is C12H25N. The standard InChI is InChI=1S/C12H25N/c1-10(2)5-4-6-11(3)9-13-12-7-8-12/h10-13H,4-9H2,1-3H3. The van der Waals surface area contributed by atoms with Gasteiger partial charge in [-0.2, -0.15) is 0 Å². The zero-order valence-corrected chi connectivity index (χ0v) is 9.47. The highest BCUT2D eigenvalue weighted by Crippen LogP contribution is 2.19. The summed E-state index contributed by atoms with van der Waals surface area (Å²) in [6.45, 7) is 8.23. The third-order valence-corrected chi connectivity index (χ3v) is 2.81. The molecule has 0 aromatic rings. The van der Waals surface area contributed by atoms with Gasteiger partial charge in [-0.3, -0.25) is 0 Å². The second-order valence-electron chi connectivity index (χ2n) is 5.11. The molecule has 1 unspecified atom stereocenters. The van der Waals surface area contributed by atoms with Crippen molar-refractivity contribution in [1.29, 1.82) is 0 Å². The Morgan fingerprint density at radius 2 is 1.85 bits per heavy atom. The van der Waals surface area contributed by atoms with Gasteiger partial charge >= 0.3 is 0 Å². The van der Waals surface area contributed by atoms with Gasteiger partial charge in [0.2, 0.25) is 0 Å². The van der Waals surface area contributed by atoms with Crippen LogP contribution < -0.4 is 5.32 Å². The molecule has 0 bridgehead atoms. The Balaban J connectivity index is 1.87. The van der Waals surface area contributed by atoms with Crippen LogP contribution in [0.15, 0.2) is 0 Å². The summed E-state index contributed by atoms with van der Waals surface area (Å²) in [5.41, 5.74) is 0. The molecule has 1 atom stereocenters. The van der Waals surface area contributed by atoms with Crippen LogP contribution in [0.4, 0.5) is 0 Å². The zero-order chi connectivity index (χ0) is 9.68. The first kappa shape index (κ1) is 11.0. The Morgan fingerprint density at radius 1 is 1.15 bits per heavy atom. The smallest absolute Gasteiger partial charge is 0.00683 e. The Hall–Kier alpha value is -0.0400. The van der Waals surface area contributed by atoms with E-state index in [1.165, 1.54) is 38.6 Å². The lowest BCUT2D eigenvalue weighted by atomic mass is 10.00. The van der Waals surface area contributed by atoms with Gasteiger partial charge in [-0.25, -0.2) is 0 Å². The SMILES string of the molecule is CC(C)CCCC(C)CNC1CC1. The van der Waals surface area contributed by atoms with Crippen molar-refractivity contribution in [2.24, 2.45) is 11.8 Å². The van der Waals surface area contributed by atoms with E-state index in [1.54, 1.807) is 0 Å². The first-order valence-electron chi connectivity index (χ1n) is 5.92. The summed E-state index contributed by atoms with van der Waals surface area (Å²) in [6, 6.07) is 0.882. The fourth-order valence-corrected chi connectivity index (χ4v) is 1.63. The van der Waals surface area contributed by atoms with E-state index in [9.17, 15) is 0 Å². The molecule has 0 heterocycles. The molecule has 1 heteroatoms. The Kier molecular flexibility index (Phi) is 4.79. The molecule has 0 saturated heterocycles. The highest BCUT2D eigenvalue weighted by Gasteiger charge is 2.20. The highest BCUT2D eigenvalue weighted by atomic mass is 14.9. The van der Waals surface area contributed by atoms with Crippen molar-refractivity contribution in [3.8, 4) is 0 Å². The van der Waals surface area contributed by atoms with Crippen LogP contribution in [0.1, 0.15) is 52.9 Å². The van der Waals surface area contributed by atoms with Crippen molar-refractivity contribution >= 4 is 0 Å². The minimum atomic E-state index is 0.874. The van der Waals surface area contributed by atoms with Gasteiger partial charge in [-0.15, -0.1) is 0 Å². The first-order chi connectivity index (χ1) is 6.18. The van der Waals surface area contributed by atoms with E-state index >= 15 is 0 Å². The predicted molar refractivity (Wildman–Crippen MR) is 58.9 cm³/mol. The normalized spacial score (nSPS) is 19.4. The zero-order valence-electron chi connectivity index (χ0n) is 9.47. The predicted octanol–water partition coefficient (Wildman–Crippen LogP) is 3.20. The second kappa shape index (κ2) is 5.64. The van der Waals surface area contributed by atoms with E-state index in [2.05, 4.69) is 26.1 Å². The topological polar surface area (TPSA) is 12.0 Å². The van der Waals surface area contributed by atoms with E-state index in [0.717, 1.165) is 17.9 Å². The summed E-state index contributed by atoms with van der Waals surface area (Å²) in [4.78, 5) is 0. The molecule has 1 rings (SSSR count). The van der Waals surface area contributed by atoms with Crippen LogP contribution in [0.25, 0.3) is 0 Å². The summed E-state index contributed by atoms with van der Waals surface area (Å²) in [6.07, 6.45) is 7.04. The van der Waals surface area contributed by atoms with Crippen molar-refractivity contribution in [1.82, 2.24) is 5.32 Å². The number of nitrogens with one attached hydrogen (secondary N) is 1. The average molecular weight is 183 g/mol. The van der Waals surface area contributed by atoms with Crippen molar-refractivity contribution in [3.05, 3.63) is 0 Å². The number of hydrogen-bond donors (Lipinski definition) is 1. The highest BCUT2D eigenvalue weighted by molar-refractivity contribution is 4.81. The molecule has 1 aliphatic rings. The molecule has 1 saturated carbocycles. The molecule has 0 aliphatic heterocycles. The summed E-state index contributed by atoms with van der Waals surface area (Å²) in [5, 5.41) is 3.59. The van der Waals surface area contributed by atoms with Gasteiger partial charge in [-0.1, -0.05) is 33.6 Å². The van der Waals surface area contributed by atoms with Crippen molar-refractivity contribution < 1.29 is 0 Å². The third-order valence-electron chi connectivity index (χ3n) is 2.81. The average Bonchev–Trinajstić information content (AvgIpc) is 2.83. The van der Waals surface area contributed by atoms with Gasteiger partial charge in [0, 0.05) is 6.04 Å². The van der Waals surface area contributed by atoms with Crippen LogP contribution in [0.5, 0.6) is 0 Å². The van der Waals surface area contributed by atoms with Crippen LogP contribution in [0, 0.1) is 11.8 Å². The molecule has 78 valence electrons. The summed E-state index contributed by atoms with van der Waals surface area (Å²) in [7, 11) is 0. The molecule has 0 spiro atoms. The van der Waals surface area contributed by atoms with E-state index < -0.39 is 0 Å². The fraction of sp³-hybridized carbons (Fsp3) is 1.00. The largest absolute Gasteiger partial charge is 0.314 e. The van der Waals surface area contributed by atoms with E-state index in [1.807, 2.05) is 0 Å². The van der Waals surface area contributed by atoms with Crippen molar-refractivity contribution in [3.63, 3.8) is 0 Å². The van der Waals surface area contributed by atoms with Gasteiger partial charge in [0.1, 0.15) is 0 Å². The molecule has 1 nitrogen and oxygen atoms in total. The van der Waals surface area contributed by atoms with Crippen LogP contribution in [-0.4, -0.2) is 12.6 Å². The maximum Gasteiger partial charge on any atom is 0.00683 e. The fourth-order valence-electron chi connectivity index (χ4n) is 1.63. The maximum absolute atomic E-state index is 3.59. The van der Waals surface area contributed by atoms with E-state index in [4.69, 9.17) is 0 Å². The number of rotatable bonds is 7. The molecule has 0 amide bonds. The van der Waals surface area contributed by atoms with Crippen LogP contribution >= 0.6 is 0 Å². The lowest BCUT2D eigenvalue weighted by Crippen LogP contribution is -2.23. The molecule has 0 radical (unpaired) electrons. The Bertz CT molecular complexity index is 127. The second-order valence-corrected chi connectivity index (χ2v) is 5.11. The maximum atomic E-state index is 3.59. The van der Waals surface area contributed by atoms with E-state index in [0.29, 0.717) is 0 Å². The minimum Gasteiger partial charge on any atom is -0.314 e. The van der Waals surface area contributed by atoms with Gasteiger partial charge in [0.05, 0.1) is 0 Å². The molecular weight excluding hydrogens is 158 g/mol.